The maximum atomic E-state index is 11.6. The molecule has 1 N–H and O–H groups in total. The summed E-state index contributed by atoms with van der Waals surface area (Å²) in [5, 5.41) is 9.38. The van der Waals surface area contributed by atoms with Crippen LogP contribution in [-0.2, 0) is 4.79 Å². The Kier molecular flexibility index (Phi) is 3.12. The minimum absolute atomic E-state index is 0.0360. The smallest absolute Gasteiger partial charge is 0.236 e. The van der Waals surface area contributed by atoms with E-state index >= 15 is 0 Å². The number of hydrogen-bond donors (Lipinski definition) is 1. The Morgan fingerprint density at radius 3 is 2.71 bits per heavy atom. The number of carbonyl (C=O) groups excluding carboxylic acids is 1. The van der Waals surface area contributed by atoms with Gasteiger partial charge in [0.1, 0.15) is 0 Å². The van der Waals surface area contributed by atoms with E-state index < -0.39 is 0 Å². The molecular weight excluding hydrogens is 246 g/mol. The summed E-state index contributed by atoms with van der Waals surface area (Å²) >= 11 is 3.36. The third kappa shape index (κ3) is 2.11. The Balaban J connectivity index is 1.83. The predicted octanol–water partition coefficient (Wildman–Crippen LogP) is 1.14. The fraction of sp³-hybridized carbons (Fsp3) is 0.900. The van der Waals surface area contributed by atoms with Crippen LogP contribution in [0.4, 0.5) is 0 Å². The molecule has 1 amide bonds. The molecule has 3 nitrogen and oxygen atoms in total. The van der Waals surface area contributed by atoms with Crippen molar-refractivity contribution < 1.29 is 9.90 Å². The van der Waals surface area contributed by atoms with E-state index in [9.17, 15) is 9.90 Å². The van der Waals surface area contributed by atoms with Crippen LogP contribution in [0.15, 0.2) is 0 Å². The summed E-state index contributed by atoms with van der Waals surface area (Å²) in [5.41, 5.74) is 0. The Morgan fingerprint density at radius 1 is 1.43 bits per heavy atom. The van der Waals surface area contributed by atoms with Crippen LogP contribution in [0.3, 0.4) is 0 Å². The second kappa shape index (κ2) is 4.19. The second-order valence-electron chi connectivity index (χ2n) is 4.37. The lowest BCUT2D eigenvalue weighted by molar-refractivity contribution is -0.127. The van der Waals surface area contributed by atoms with E-state index in [2.05, 4.69) is 15.9 Å². The lowest BCUT2D eigenvalue weighted by atomic mass is 10.1. The highest BCUT2D eigenvalue weighted by atomic mass is 79.9. The summed E-state index contributed by atoms with van der Waals surface area (Å²) in [7, 11) is 0. The molecule has 0 spiro atoms. The Bertz CT molecular complexity index is 234. The van der Waals surface area contributed by atoms with E-state index in [1.165, 1.54) is 0 Å². The number of aliphatic hydroxyl groups is 1. The third-order valence-corrected chi connectivity index (χ3v) is 4.07. The van der Waals surface area contributed by atoms with E-state index in [-0.39, 0.29) is 16.8 Å². The minimum atomic E-state index is -0.127. The van der Waals surface area contributed by atoms with Crippen molar-refractivity contribution >= 4 is 21.8 Å². The van der Waals surface area contributed by atoms with Gasteiger partial charge in [-0.15, -0.1) is 0 Å². The van der Waals surface area contributed by atoms with Crippen LogP contribution in [0.25, 0.3) is 0 Å². The average molecular weight is 262 g/mol. The first kappa shape index (κ1) is 10.4. The van der Waals surface area contributed by atoms with Gasteiger partial charge < -0.3 is 10.0 Å². The van der Waals surface area contributed by atoms with Crippen LogP contribution in [0.2, 0.25) is 0 Å². The van der Waals surface area contributed by atoms with E-state index in [1.807, 2.05) is 4.90 Å². The Morgan fingerprint density at radius 2 is 2.21 bits per heavy atom. The molecule has 0 aromatic rings. The van der Waals surface area contributed by atoms with Crippen molar-refractivity contribution in [2.45, 2.75) is 36.6 Å². The number of amides is 1. The summed E-state index contributed by atoms with van der Waals surface area (Å²) in [6.07, 6.45) is 3.64. The van der Waals surface area contributed by atoms with Crippen molar-refractivity contribution in [2.24, 2.45) is 5.92 Å². The van der Waals surface area contributed by atoms with E-state index in [4.69, 9.17) is 0 Å². The zero-order chi connectivity index (χ0) is 10.1. The molecule has 1 aliphatic heterocycles. The molecule has 2 fully saturated rings. The molecule has 3 unspecified atom stereocenters. The van der Waals surface area contributed by atoms with Crippen LogP contribution in [0, 0.1) is 5.92 Å². The highest BCUT2D eigenvalue weighted by molar-refractivity contribution is 9.10. The Hall–Kier alpha value is -0.0900. The molecule has 80 valence electrons. The van der Waals surface area contributed by atoms with Gasteiger partial charge in [-0.2, -0.15) is 0 Å². The second-order valence-corrected chi connectivity index (χ2v) is 5.48. The lowest BCUT2D eigenvalue weighted by Crippen LogP contribution is -2.32. The molecule has 1 saturated heterocycles. The number of hydrogen-bond acceptors (Lipinski definition) is 2. The van der Waals surface area contributed by atoms with Crippen LogP contribution >= 0.6 is 15.9 Å². The van der Waals surface area contributed by atoms with Gasteiger partial charge in [0, 0.05) is 13.1 Å². The number of aliphatic hydroxyl groups excluding tert-OH is 1. The first-order valence-electron chi connectivity index (χ1n) is 5.27. The molecular formula is C10H16BrNO2. The van der Waals surface area contributed by atoms with Crippen molar-refractivity contribution in [1.29, 1.82) is 0 Å². The van der Waals surface area contributed by atoms with Gasteiger partial charge in [-0.25, -0.2) is 0 Å². The number of rotatable bonds is 2. The van der Waals surface area contributed by atoms with Gasteiger partial charge in [-0.1, -0.05) is 15.9 Å². The highest BCUT2D eigenvalue weighted by Gasteiger charge is 2.32. The quantitative estimate of drug-likeness (QED) is 0.758. The van der Waals surface area contributed by atoms with Gasteiger partial charge in [-0.05, 0) is 31.6 Å². The largest absolute Gasteiger partial charge is 0.393 e. The summed E-state index contributed by atoms with van der Waals surface area (Å²) in [6, 6.07) is 0. The summed E-state index contributed by atoms with van der Waals surface area (Å²) in [4.78, 5) is 13.6. The first-order chi connectivity index (χ1) is 6.66. The topological polar surface area (TPSA) is 40.5 Å². The van der Waals surface area contributed by atoms with Crippen LogP contribution in [0.5, 0.6) is 0 Å². The van der Waals surface area contributed by atoms with Gasteiger partial charge in [0.25, 0.3) is 0 Å². The lowest BCUT2D eigenvalue weighted by Gasteiger charge is -2.20. The Labute approximate surface area is 92.6 Å². The number of alkyl halides is 1. The number of likely N-dealkylation sites (tertiary alicyclic amines) is 1. The standard InChI is InChI=1S/C10H16BrNO2/c11-9-3-4-12(10(9)14)6-7-1-2-8(13)5-7/h7-9,13H,1-6H2. The fourth-order valence-corrected chi connectivity index (χ4v) is 2.90. The fourth-order valence-electron chi connectivity index (χ4n) is 2.41. The van der Waals surface area contributed by atoms with E-state index in [1.54, 1.807) is 0 Å². The molecule has 0 aromatic heterocycles. The van der Waals surface area contributed by atoms with Crippen molar-refractivity contribution in [3.05, 3.63) is 0 Å². The average Bonchev–Trinajstić information content (AvgIpc) is 2.67. The molecule has 0 aromatic carbocycles. The molecule has 0 radical (unpaired) electrons. The molecule has 1 aliphatic carbocycles. The molecule has 2 aliphatic rings. The van der Waals surface area contributed by atoms with Crippen molar-refractivity contribution in [2.75, 3.05) is 13.1 Å². The summed E-state index contributed by atoms with van der Waals surface area (Å²) in [5.74, 6) is 0.748. The molecule has 14 heavy (non-hydrogen) atoms. The van der Waals surface area contributed by atoms with Crippen molar-refractivity contribution in [3.8, 4) is 0 Å². The summed E-state index contributed by atoms with van der Waals surface area (Å²) in [6.45, 7) is 1.72. The third-order valence-electron chi connectivity index (χ3n) is 3.22. The van der Waals surface area contributed by atoms with E-state index in [0.29, 0.717) is 5.92 Å². The molecule has 2 rings (SSSR count). The molecule has 1 heterocycles. The first-order valence-corrected chi connectivity index (χ1v) is 6.19. The van der Waals surface area contributed by atoms with Crippen molar-refractivity contribution in [1.82, 2.24) is 4.90 Å². The van der Waals surface area contributed by atoms with Crippen LogP contribution < -0.4 is 0 Å². The maximum Gasteiger partial charge on any atom is 0.236 e. The van der Waals surface area contributed by atoms with Crippen LogP contribution in [0.1, 0.15) is 25.7 Å². The predicted molar refractivity (Wildman–Crippen MR) is 57.3 cm³/mol. The number of carbonyl (C=O) groups is 1. The van der Waals surface area contributed by atoms with Crippen LogP contribution in [-0.4, -0.2) is 39.9 Å². The number of nitrogens with zero attached hydrogens (tertiary/aromatic N) is 1. The van der Waals surface area contributed by atoms with E-state index in [0.717, 1.165) is 38.8 Å². The zero-order valence-electron chi connectivity index (χ0n) is 8.16. The van der Waals surface area contributed by atoms with Gasteiger partial charge in [0.15, 0.2) is 0 Å². The molecule has 1 saturated carbocycles. The number of halogens is 1. The molecule has 4 heteroatoms. The SMILES string of the molecule is O=C1C(Br)CCN1CC1CCC(O)C1. The van der Waals surface area contributed by atoms with Gasteiger partial charge >= 0.3 is 0 Å². The normalized spacial score (nSPS) is 38.3. The highest BCUT2D eigenvalue weighted by Crippen LogP contribution is 2.28. The molecule has 3 atom stereocenters. The van der Waals surface area contributed by atoms with Gasteiger partial charge in [-0.3, -0.25) is 4.79 Å². The summed E-state index contributed by atoms with van der Waals surface area (Å²) < 4.78 is 0. The monoisotopic (exact) mass is 261 g/mol. The van der Waals surface area contributed by atoms with Gasteiger partial charge in [0.05, 0.1) is 10.9 Å². The van der Waals surface area contributed by atoms with Gasteiger partial charge in [0.2, 0.25) is 5.91 Å². The van der Waals surface area contributed by atoms with Crippen molar-refractivity contribution in [3.63, 3.8) is 0 Å². The minimum Gasteiger partial charge on any atom is -0.393 e. The zero-order valence-corrected chi connectivity index (χ0v) is 9.74. The maximum absolute atomic E-state index is 11.6. The molecule has 0 bridgehead atoms.